The van der Waals surface area contributed by atoms with Gasteiger partial charge in [-0.05, 0) is 0 Å². The standard InChI is InChI=1S/C5H9ClO4/c6-1-2-3(7)4(8)5(9)10-2/h2-5,7-9H,1H2/t2-,3-,4+,5+/m0/s1. The van der Waals surface area contributed by atoms with Gasteiger partial charge in [-0.15, -0.1) is 11.6 Å². The molecule has 1 fully saturated rings. The van der Waals surface area contributed by atoms with Crippen LogP contribution < -0.4 is 0 Å². The zero-order chi connectivity index (χ0) is 7.72. The zero-order valence-electron chi connectivity index (χ0n) is 5.14. The second kappa shape index (κ2) is 3.02. The molecule has 1 aliphatic heterocycles. The summed E-state index contributed by atoms with van der Waals surface area (Å²) < 4.78 is 4.66. The van der Waals surface area contributed by atoms with Gasteiger partial charge in [0, 0.05) is 0 Å². The van der Waals surface area contributed by atoms with Crippen LogP contribution in [0.25, 0.3) is 0 Å². The van der Waals surface area contributed by atoms with Crippen LogP contribution in [0, 0.1) is 0 Å². The van der Waals surface area contributed by atoms with Gasteiger partial charge in [-0.25, -0.2) is 0 Å². The minimum absolute atomic E-state index is 0.0648. The fourth-order valence-electron chi connectivity index (χ4n) is 0.856. The molecule has 0 amide bonds. The topological polar surface area (TPSA) is 69.9 Å². The van der Waals surface area contributed by atoms with Crippen LogP contribution in [-0.2, 0) is 4.74 Å². The first-order valence-corrected chi connectivity index (χ1v) is 3.46. The Kier molecular flexibility index (Phi) is 2.49. The third-order valence-electron chi connectivity index (χ3n) is 1.49. The van der Waals surface area contributed by atoms with Gasteiger partial charge in [-0.1, -0.05) is 0 Å². The highest BCUT2D eigenvalue weighted by Crippen LogP contribution is 2.19. The molecule has 1 aliphatic rings. The average Bonchev–Trinajstić information content (AvgIpc) is 2.17. The molecule has 4 atom stereocenters. The normalized spacial score (nSPS) is 48.0. The lowest BCUT2D eigenvalue weighted by Crippen LogP contribution is -2.32. The molecule has 0 saturated carbocycles. The van der Waals surface area contributed by atoms with Gasteiger partial charge in [0.25, 0.3) is 0 Å². The summed E-state index contributed by atoms with van der Waals surface area (Å²) in [4.78, 5) is 0. The average molecular weight is 169 g/mol. The lowest BCUT2D eigenvalue weighted by atomic mass is 10.2. The Morgan fingerprint density at radius 2 is 1.80 bits per heavy atom. The Morgan fingerprint density at radius 1 is 1.20 bits per heavy atom. The molecule has 0 radical (unpaired) electrons. The molecular weight excluding hydrogens is 160 g/mol. The van der Waals surface area contributed by atoms with E-state index >= 15 is 0 Å². The van der Waals surface area contributed by atoms with E-state index in [1.165, 1.54) is 0 Å². The summed E-state index contributed by atoms with van der Waals surface area (Å²) in [6.45, 7) is 0. The van der Waals surface area contributed by atoms with Crippen molar-refractivity contribution < 1.29 is 20.1 Å². The predicted molar refractivity (Wildman–Crippen MR) is 33.6 cm³/mol. The van der Waals surface area contributed by atoms with Crippen molar-refractivity contribution >= 4 is 11.6 Å². The number of aliphatic hydroxyl groups excluding tert-OH is 3. The van der Waals surface area contributed by atoms with E-state index in [2.05, 4.69) is 4.74 Å². The second-order valence-electron chi connectivity index (χ2n) is 2.20. The summed E-state index contributed by atoms with van der Waals surface area (Å²) in [5, 5.41) is 26.7. The molecule has 4 nitrogen and oxygen atoms in total. The van der Waals surface area contributed by atoms with Crippen molar-refractivity contribution in [1.29, 1.82) is 0 Å². The molecule has 1 heterocycles. The predicted octanol–water partition coefficient (Wildman–Crippen LogP) is -1.34. The molecule has 1 rings (SSSR count). The van der Waals surface area contributed by atoms with Crippen molar-refractivity contribution in [1.82, 2.24) is 0 Å². The Labute approximate surface area is 63.0 Å². The van der Waals surface area contributed by atoms with Gasteiger partial charge in [0.15, 0.2) is 6.29 Å². The van der Waals surface area contributed by atoms with Gasteiger partial charge in [-0.2, -0.15) is 0 Å². The summed E-state index contributed by atoms with van der Waals surface area (Å²) in [6, 6.07) is 0. The van der Waals surface area contributed by atoms with Crippen LogP contribution in [-0.4, -0.2) is 45.8 Å². The fourth-order valence-corrected chi connectivity index (χ4v) is 1.11. The minimum atomic E-state index is -1.31. The number of alkyl halides is 1. The number of ether oxygens (including phenoxy) is 1. The first kappa shape index (κ1) is 8.23. The maximum Gasteiger partial charge on any atom is 0.184 e. The third-order valence-corrected chi connectivity index (χ3v) is 1.79. The monoisotopic (exact) mass is 168 g/mol. The van der Waals surface area contributed by atoms with Crippen LogP contribution in [0.3, 0.4) is 0 Å². The molecule has 0 bridgehead atoms. The van der Waals surface area contributed by atoms with Crippen LogP contribution in [0.5, 0.6) is 0 Å². The molecule has 0 spiro atoms. The Hall–Kier alpha value is 0.130. The van der Waals surface area contributed by atoms with E-state index in [4.69, 9.17) is 26.9 Å². The van der Waals surface area contributed by atoms with E-state index in [1.54, 1.807) is 0 Å². The van der Waals surface area contributed by atoms with Gasteiger partial charge in [0.1, 0.15) is 18.3 Å². The molecule has 0 unspecified atom stereocenters. The van der Waals surface area contributed by atoms with Gasteiger partial charge in [-0.3, -0.25) is 0 Å². The summed E-state index contributed by atoms with van der Waals surface area (Å²) in [5.41, 5.74) is 0. The number of halogens is 1. The van der Waals surface area contributed by atoms with Gasteiger partial charge < -0.3 is 20.1 Å². The molecule has 0 aliphatic carbocycles. The van der Waals surface area contributed by atoms with Crippen LogP contribution in [0.2, 0.25) is 0 Å². The molecule has 0 aromatic heterocycles. The van der Waals surface area contributed by atoms with Crippen LogP contribution in [0.1, 0.15) is 0 Å². The lowest BCUT2D eigenvalue weighted by Gasteiger charge is -2.09. The van der Waals surface area contributed by atoms with E-state index in [1.807, 2.05) is 0 Å². The number of aliphatic hydroxyl groups is 3. The summed E-state index contributed by atoms with van der Waals surface area (Å²) >= 11 is 5.33. The SMILES string of the molecule is O[C@@H]1[C@@H](O)[C@H](CCl)O[C@H]1O. The van der Waals surface area contributed by atoms with Gasteiger partial charge >= 0.3 is 0 Å². The van der Waals surface area contributed by atoms with Crippen molar-refractivity contribution in [3.05, 3.63) is 0 Å². The van der Waals surface area contributed by atoms with Crippen molar-refractivity contribution in [2.24, 2.45) is 0 Å². The molecule has 1 saturated heterocycles. The van der Waals surface area contributed by atoms with Crippen LogP contribution >= 0.6 is 11.6 Å². The maximum atomic E-state index is 9.01. The Bertz CT molecular complexity index is 120. The van der Waals surface area contributed by atoms with E-state index in [0.717, 1.165) is 0 Å². The molecule has 0 aromatic carbocycles. The highest BCUT2D eigenvalue weighted by atomic mass is 35.5. The van der Waals surface area contributed by atoms with Crippen molar-refractivity contribution in [2.75, 3.05) is 5.88 Å². The first-order chi connectivity index (χ1) is 4.66. The highest BCUT2D eigenvalue weighted by Gasteiger charge is 2.40. The smallest absolute Gasteiger partial charge is 0.184 e. The molecule has 60 valence electrons. The highest BCUT2D eigenvalue weighted by molar-refractivity contribution is 6.18. The Morgan fingerprint density at radius 3 is 2.00 bits per heavy atom. The maximum absolute atomic E-state index is 9.01. The minimum Gasteiger partial charge on any atom is -0.387 e. The third kappa shape index (κ3) is 1.26. The largest absolute Gasteiger partial charge is 0.387 e. The van der Waals surface area contributed by atoms with Gasteiger partial charge in [0.05, 0.1) is 5.88 Å². The molecular formula is C5H9ClO4. The van der Waals surface area contributed by atoms with Crippen molar-refractivity contribution in [3.63, 3.8) is 0 Å². The first-order valence-electron chi connectivity index (χ1n) is 2.92. The lowest BCUT2D eigenvalue weighted by molar-refractivity contribution is -0.123. The van der Waals surface area contributed by atoms with Gasteiger partial charge in [0.2, 0.25) is 0 Å². The molecule has 3 N–H and O–H groups in total. The summed E-state index contributed by atoms with van der Waals surface area (Å²) in [6.07, 6.45) is -4.28. The number of hydrogen-bond acceptors (Lipinski definition) is 4. The summed E-state index contributed by atoms with van der Waals surface area (Å²) in [7, 11) is 0. The second-order valence-corrected chi connectivity index (χ2v) is 2.51. The molecule has 5 heteroatoms. The zero-order valence-corrected chi connectivity index (χ0v) is 5.90. The van der Waals surface area contributed by atoms with Crippen LogP contribution in [0.4, 0.5) is 0 Å². The van der Waals surface area contributed by atoms with E-state index in [0.29, 0.717) is 0 Å². The fraction of sp³-hybridized carbons (Fsp3) is 1.00. The quantitative estimate of drug-likeness (QED) is 0.424. The van der Waals surface area contributed by atoms with E-state index in [9.17, 15) is 0 Å². The number of hydrogen-bond donors (Lipinski definition) is 3. The van der Waals surface area contributed by atoms with E-state index in [-0.39, 0.29) is 5.88 Å². The van der Waals surface area contributed by atoms with Crippen LogP contribution in [0.15, 0.2) is 0 Å². The molecule has 10 heavy (non-hydrogen) atoms. The van der Waals surface area contributed by atoms with Crippen molar-refractivity contribution in [3.8, 4) is 0 Å². The number of rotatable bonds is 1. The Balaban J connectivity index is 2.53. The van der Waals surface area contributed by atoms with E-state index < -0.39 is 24.6 Å². The molecule has 0 aromatic rings. The van der Waals surface area contributed by atoms with Crippen molar-refractivity contribution in [2.45, 2.75) is 24.6 Å². The summed E-state index contributed by atoms with van der Waals surface area (Å²) in [5.74, 6) is 0.0648.